The van der Waals surface area contributed by atoms with Gasteiger partial charge in [-0.1, -0.05) is 6.07 Å². The van der Waals surface area contributed by atoms with E-state index in [9.17, 15) is 13.5 Å². The number of hydrogen-bond donors (Lipinski definition) is 2. The molecule has 0 saturated heterocycles. The summed E-state index contributed by atoms with van der Waals surface area (Å²) in [5, 5.41) is 9.29. The molecule has 2 rings (SSSR count). The van der Waals surface area contributed by atoms with Gasteiger partial charge in [0, 0.05) is 18.9 Å². The van der Waals surface area contributed by atoms with Gasteiger partial charge in [-0.2, -0.15) is 0 Å². The summed E-state index contributed by atoms with van der Waals surface area (Å²) >= 11 is 0. The number of rotatable bonds is 5. The number of benzene rings is 1. The van der Waals surface area contributed by atoms with Crippen LogP contribution in [0.5, 0.6) is 0 Å². The minimum atomic E-state index is -3.62. The zero-order chi connectivity index (χ0) is 15.5. The lowest BCUT2D eigenvalue weighted by atomic mass is 10.1. The second kappa shape index (κ2) is 6.34. The van der Waals surface area contributed by atoms with Crippen LogP contribution in [0, 0.1) is 13.8 Å². The van der Waals surface area contributed by atoms with E-state index in [-0.39, 0.29) is 18.0 Å². The average molecular weight is 306 g/mol. The van der Waals surface area contributed by atoms with Gasteiger partial charge >= 0.3 is 0 Å². The predicted octanol–water partition coefficient (Wildman–Crippen LogP) is 1.67. The van der Waals surface area contributed by atoms with E-state index in [0.717, 1.165) is 11.1 Å². The smallest absolute Gasteiger partial charge is 0.241 e. The van der Waals surface area contributed by atoms with Gasteiger partial charge in [-0.15, -0.1) is 0 Å². The third-order valence-electron chi connectivity index (χ3n) is 3.31. The third-order valence-corrected chi connectivity index (χ3v) is 4.85. The largest absolute Gasteiger partial charge is 0.392 e. The zero-order valence-corrected chi connectivity index (χ0v) is 12.8. The van der Waals surface area contributed by atoms with Gasteiger partial charge in [0.1, 0.15) is 0 Å². The fraction of sp³-hybridized carbons (Fsp3) is 0.267. The number of nitrogens with zero attached hydrogens (tertiary/aromatic N) is 1. The number of sulfonamides is 1. The number of aliphatic hydroxyl groups is 1. The van der Waals surface area contributed by atoms with E-state index >= 15 is 0 Å². The van der Waals surface area contributed by atoms with Crippen LogP contribution in [0.3, 0.4) is 0 Å². The molecule has 21 heavy (non-hydrogen) atoms. The molecule has 2 aromatic rings. The molecule has 5 nitrogen and oxygen atoms in total. The molecule has 1 heterocycles. The molecule has 1 aromatic carbocycles. The van der Waals surface area contributed by atoms with Crippen LogP contribution >= 0.6 is 0 Å². The molecule has 2 N–H and O–H groups in total. The monoisotopic (exact) mass is 306 g/mol. The summed E-state index contributed by atoms with van der Waals surface area (Å²) in [7, 11) is -3.62. The number of pyridine rings is 1. The topological polar surface area (TPSA) is 79.3 Å². The molecule has 6 heteroatoms. The van der Waals surface area contributed by atoms with E-state index in [1.165, 1.54) is 6.07 Å². The Labute approximate surface area is 124 Å². The van der Waals surface area contributed by atoms with Crippen molar-refractivity contribution in [2.75, 3.05) is 0 Å². The van der Waals surface area contributed by atoms with Crippen molar-refractivity contribution in [1.82, 2.24) is 9.71 Å². The zero-order valence-electron chi connectivity index (χ0n) is 12.0. The Bertz CT molecular complexity index is 728. The van der Waals surface area contributed by atoms with E-state index in [1.54, 1.807) is 37.5 Å². The lowest BCUT2D eigenvalue weighted by Gasteiger charge is -2.12. The molecule has 0 saturated carbocycles. The summed E-state index contributed by atoms with van der Waals surface area (Å²) in [6, 6.07) is 6.81. The Morgan fingerprint density at radius 1 is 1.14 bits per heavy atom. The first kappa shape index (κ1) is 15.6. The summed E-state index contributed by atoms with van der Waals surface area (Å²) in [4.78, 5) is 4.09. The molecular weight excluding hydrogens is 288 g/mol. The summed E-state index contributed by atoms with van der Waals surface area (Å²) in [5.74, 6) is 0. The van der Waals surface area contributed by atoms with E-state index < -0.39 is 10.0 Å². The molecule has 0 fully saturated rings. The normalized spacial score (nSPS) is 11.6. The average Bonchev–Trinajstić information content (AvgIpc) is 2.46. The molecule has 0 radical (unpaired) electrons. The predicted molar refractivity (Wildman–Crippen MR) is 80.1 cm³/mol. The molecule has 112 valence electrons. The Morgan fingerprint density at radius 2 is 1.81 bits per heavy atom. The fourth-order valence-corrected chi connectivity index (χ4v) is 3.38. The van der Waals surface area contributed by atoms with Crippen LogP contribution in [0.2, 0.25) is 0 Å². The van der Waals surface area contributed by atoms with Crippen LogP contribution < -0.4 is 4.72 Å². The molecule has 0 aliphatic rings. The van der Waals surface area contributed by atoms with Crippen molar-refractivity contribution >= 4 is 10.0 Å². The van der Waals surface area contributed by atoms with Crippen LogP contribution in [-0.4, -0.2) is 18.5 Å². The van der Waals surface area contributed by atoms with Crippen LogP contribution in [0.1, 0.15) is 22.3 Å². The number of aromatic nitrogens is 1. The standard InChI is InChI=1S/C15H18N2O3S/c1-11-7-12(2)15(8-14(11)10-18)21(19,20)17-9-13-3-5-16-6-4-13/h3-8,17-18H,9-10H2,1-2H3. The van der Waals surface area contributed by atoms with Crippen molar-refractivity contribution in [2.24, 2.45) is 0 Å². The first-order valence-electron chi connectivity index (χ1n) is 6.53. The molecule has 0 bridgehead atoms. The molecule has 0 unspecified atom stereocenters. The van der Waals surface area contributed by atoms with Crippen molar-refractivity contribution in [3.05, 3.63) is 58.9 Å². The minimum absolute atomic E-state index is 0.182. The van der Waals surface area contributed by atoms with Gasteiger partial charge in [-0.25, -0.2) is 13.1 Å². The van der Waals surface area contributed by atoms with E-state index in [4.69, 9.17) is 0 Å². The molecule has 0 spiro atoms. The summed E-state index contributed by atoms with van der Waals surface area (Å²) < 4.78 is 27.4. The maximum atomic E-state index is 12.4. The number of aliphatic hydroxyl groups excluding tert-OH is 1. The molecular formula is C15H18N2O3S. The molecule has 1 aromatic heterocycles. The Balaban J connectivity index is 2.27. The van der Waals surface area contributed by atoms with Crippen molar-refractivity contribution in [3.8, 4) is 0 Å². The van der Waals surface area contributed by atoms with Crippen molar-refractivity contribution in [3.63, 3.8) is 0 Å². The van der Waals surface area contributed by atoms with E-state index in [1.807, 2.05) is 6.92 Å². The summed E-state index contributed by atoms with van der Waals surface area (Å²) in [5.41, 5.74) is 2.99. The van der Waals surface area contributed by atoms with Gasteiger partial charge in [0.25, 0.3) is 0 Å². The van der Waals surface area contributed by atoms with Gasteiger partial charge in [0.15, 0.2) is 0 Å². The van der Waals surface area contributed by atoms with Crippen LogP contribution in [0.25, 0.3) is 0 Å². The highest BCUT2D eigenvalue weighted by Gasteiger charge is 2.18. The van der Waals surface area contributed by atoms with Gasteiger partial charge in [0.2, 0.25) is 10.0 Å². The summed E-state index contributed by atoms with van der Waals surface area (Å²) in [6.07, 6.45) is 3.23. The van der Waals surface area contributed by atoms with E-state index in [2.05, 4.69) is 9.71 Å². The van der Waals surface area contributed by atoms with Gasteiger partial charge in [0.05, 0.1) is 11.5 Å². The van der Waals surface area contributed by atoms with Crippen LogP contribution in [0.4, 0.5) is 0 Å². The van der Waals surface area contributed by atoms with Crippen LogP contribution in [-0.2, 0) is 23.2 Å². The maximum absolute atomic E-state index is 12.4. The van der Waals surface area contributed by atoms with Crippen molar-refractivity contribution < 1.29 is 13.5 Å². The van der Waals surface area contributed by atoms with E-state index in [0.29, 0.717) is 11.1 Å². The Hall–Kier alpha value is -1.76. The fourth-order valence-electron chi connectivity index (χ4n) is 2.09. The lowest BCUT2D eigenvalue weighted by molar-refractivity contribution is 0.280. The number of hydrogen-bond acceptors (Lipinski definition) is 4. The highest BCUT2D eigenvalue weighted by atomic mass is 32.2. The SMILES string of the molecule is Cc1cc(C)c(S(=O)(=O)NCc2ccncc2)cc1CO. The first-order chi connectivity index (χ1) is 9.94. The van der Waals surface area contributed by atoms with Gasteiger partial charge < -0.3 is 5.11 Å². The van der Waals surface area contributed by atoms with Gasteiger partial charge in [-0.05, 0) is 54.3 Å². The highest BCUT2D eigenvalue weighted by Crippen LogP contribution is 2.20. The van der Waals surface area contributed by atoms with Gasteiger partial charge in [-0.3, -0.25) is 4.98 Å². The van der Waals surface area contributed by atoms with Crippen LogP contribution in [0.15, 0.2) is 41.6 Å². The van der Waals surface area contributed by atoms with Crippen molar-refractivity contribution in [1.29, 1.82) is 0 Å². The molecule has 0 amide bonds. The second-order valence-corrected chi connectivity index (χ2v) is 6.62. The lowest BCUT2D eigenvalue weighted by Crippen LogP contribution is -2.24. The Morgan fingerprint density at radius 3 is 2.43 bits per heavy atom. The molecule has 0 aliphatic carbocycles. The second-order valence-electron chi connectivity index (χ2n) is 4.88. The first-order valence-corrected chi connectivity index (χ1v) is 8.02. The van der Waals surface area contributed by atoms with Crippen molar-refractivity contribution in [2.45, 2.75) is 31.9 Å². The highest BCUT2D eigenvalue weighted by molar-refractivity contribution is 7.89. The molecule has 0 atom stereocenters. The maximum Gasteiger partial charge on any atom is 0.241 e. The minimum Gasteiger partial charge on any atom is -0.392 e. The summed E-state index contributed by atoms with van der Waals surface area (Å²) in [6.45, 7) is 3.61. The Kier molecular flexibility index (Phi) is 4.72. The quantitative estimate of drug-likeness (QED) is 0.880. The number of nitrogens with one attached hydrogen (secondary N) is 1. The number of aryl methyl sites for hydroxylation is 2. The molecule has 0 aliphatic heterocycles. The third kappa shape index (κ3) is 3.66.